The van der Waals surface area contributed by atoms with E-state index in [4.69, 9.17) is 5.26 Å². The Morgan fingerprint density at radius 2 is 1.82 bits per heavy atom. The topological polar surface area (TPSA) is 111 Å². The van der Waals surface area contributed by atoms with Crippen LogP contribution in [0.4, 0.5) is 0 Å². The normalized spacial score (nSPS) is 16.9. The quantitative estimate of drug-likeness (QED) is 0.654. The summed E-state index contributed by atoms with van der Waals surface area (Å²) in [6.45, 7) is 5.23. The molecule has 1 aromatic carbocycles. The summed E-state index contributed by atoms with van der Waals surface area (Å²) >= 11 is 0. The number of hydrogen-bond acceptors (Lipinski definition) is 6. The molecule has 8 nitrogen and oxygen atoms in total. The molecule has 1 amide bonds. The predicted octanol–water partition coefficient (Wildman–Crippen LogP) is 4.04. The number of aromatic nitrogens is 5. The molecule has 168 valence electrons. The maximum Gasteiger partial charge on any atom is 0.254 e. The molecule has 1 aliphatic heterocycles. The molecule has 0 bridgehead atoms. The first-order chi connectivity index (χ1) is 16.0. The van der Waals surface area contributed by atoms with Crippen LogP contribution in [0.2, 0.25) is 0 Å². The number of likely N-dealkylation sites (tertiary alicyclic amines) is 1. The second kappa shape index (κ2) is 8.74. The fraction of sp³-hybridized carbons (Fsp3) is 0.440. The zero-order valence-electron chi connectivity index (χ0n) is 19.0. The summed E-state index contributed by atoms with van der Waals surface area (Å²) in [6.07, 6.45) is 8.35. The number of aromatic amines is 1. The minimum atomic E-state index is 0.0559. The average Bonchev–Trinajstić information content (AvgIpc) is 3.24. The Morgan fingerprint density at radius 1 is 1.09 bits per heavy atom. The maximum atomic E-state index is 13.5. The highest BCUT2D eigenvalue weighted by Gasteiger charge is 2.30. The van der Waals surface area contributed by atoms with Gasteiger partial charge in [0.1, 0.15) is 17.7 Å². The number of nitrogens with zero attached hydrogens (tertiary/aromatic N) is 6. The fourth-order valence-corrected chi connectivity index (χ4v) is 4.79. The van der Waals surface area contributed by atoms with Crippen LogP contribution in [-0.2, 0) is 0 Å². The minimum Gasteiger partial charge on any atom is -0.339 e. The Bertz CT molecular complexity index is 1210. The lowest BCUT2D eigenvalue weighted by Crippen LogP contribution is -2.38. The highest BCUT2D eigenvalue weighted by molar-refractivity contribution is 5.97. The van der Waals surface area contributed by atoms with Gasteiger partial charge in [-0.3, -0.25) is 9.89 Å². The van der Waals surface area contributed by atoms with Crippen LogP contribution in [0, 0.1) is 25.2 Å². The van der Waals surface area contributed by atoms with E-state index in [1.54, 1.807) is 12.4 Å². The van der Waals surface area contributed by atoms with E-state index in [0.29, 0.717) is 30.4 Å². The van der Waals surface area contributed by atoms with Gasteiger partial charge >= 0.3 is 0 Å². The fourth-order valence-electron chi connectivity index (χ4n) is 4.79. The van der Waals surface area contributed by atoms with Gasteiger partial charge in [-0.25, -0.2) is 15.0 Å². The van der Waals surface area contributed by atoms with E-state index in [-0.39, 0.29) is 11.8 Å². The molecule has 1 N–H and O–H groups in total. The zero-order valence-corrected chi connectivity index (χ0v) is 19.0. The number of nitriles is 1. The summed E-state index contributed by atoms with van der Waals surface area (Å²) in [7, 11) is 0. The number of amides is 1. The number of carbonyl (C=O) groups is 1. The van der Waals surface area contributed by atoms with Gasteiger partial charge in [-0.2, -0.15) is 10.4 Å². The first-order valence-electron chi connectivity index (χ1n) is 11.6. The number of piperidine rings is 1. The van der Waals surface area contributed by atoms with Crippen LogP contribution in [0.5, 0.6) is 0 Å². The monoisotopic (exact) mass is 441 g/mol. The van der Waals surface area contributed by atoms with Gasteiger partial charge < -0.3 is 4.90 Å². The highest BCUT2D eigenvalue weighted by atomic mass is 16.2. The first kappa shape index (κ1) is 21.3. The van der Waals surface area contributed by atoms with Crippen LogP contribution in [0.15, 0.2) is 24.5 Å². The molecule has 33 heavy (non-hydrogen) atoms. The molecule has 2 aliphatic rings. The average molecular weight is 442 g/mol. The minimum absolute atomic E-state index is 0.0559. The van der Waals surface area contributed by atoms with E-state index in [9.17, 15) is 4.79 Å². The van der Waals surface area contributed by atoms with Crippen molar-refractivity contribution in [1.29, 1.82) is 5.26 Å². The molecule has 1 saturated heterocycles. The lowest BCUT2D eigenvalue weighted by molar-refractivity contribution is 0.0710. The zero-order chi connectivity index (χ0) is 22.9. The van der Waals surface area contributed by atoms with Gasteiger partial charge in [-0.15, -0.1) is 0 Å². The van der Waals surface area contributed by atoms with Crippen LogP contribution in [0.3, 0.4) is 0 Å². The first-order valence-corrected chi connectivity index (χ1v) is 11.6. The van der Waals surface area contributed by atoms with Crippen molar-refractivity contribution in [2.45, 2.75) is 57.8 Å². The Kier molecular flexibility index (Phi) is 5.63. The Hall–Kier alpha value is -3.60. The molecule has 1 aliphatic carbocycles. The maximum absolute atomic E-state index is 13.5. The summed E-state index contributed by atoms with van der Waals surface area (Å²) in [5.41, 5.74) is 4.42. The SMILES string of the molecule is Cc1nc(-c2cc(C(=O)N3CCC(c4ncc(C#N)cn4)CC3)c(C)cc2C2CCC2)n[nH]1. The second-order valence-corrected chi connectivity index (χ2v) is 9.13. The molecule has 3 heterocycles. The Balaban J connectivity index is 1.36. The van der Waals surface area contributed by atoms with Crippen LogP contribution in [0.1, 0.15) is 82.6 Å². The number of hydrogen-bond donors (Lipinski definition) is 1. The van der Waals surface area contributed by atoms with Gasteiger partial charge in [-0.05, 0) is 62.6 Å². The molecular weight excluding hydrogens is 414 g/mol. The van der Waals surface area contributed by atoms with Crippen LogP contribution < -0.4 is 0 Å². The molecule has 2 fully saturated rings. The van der Waals surface area contributed by atoms with Crippen molar-refractivity contribution in [3.05, 3.63) is 58.4 Å². The van der Waals surface area contributed by atoms with Crippen molar-refractivity contribution < 1.29 is 4.79 Å². The van der Waals surface area contributed by atoms with E-state index in [1.165, 1.54) is 24.8 Å². The number of nitrogens with one attached hydrogen (secondary N) is 1. The van der Waals surface area contributed by atoms with Crippen LogP contribution in [-0.4, -0.2) is 49.0 Å². The number of rotatable bonds is 4. The van der Waals surface area contributed by atoms with E-state index >= 15 is 0 Å². The van der Waals surface area contributed by atoms with Gasteiger partial charge in [0, 0.05) is 42.5 Å². The molecule has 1 saturated carbocycles. The molecule has 5 rings (SSSR count). The van der Waals surface area contributed by atoms with Crippen LogP contribution >= 0.6 is 0 Å². The summed E-state index contributed by atoms with van der Waals surface area (Å²) in [5, 5.41) is 16.3. The van der Waals surface area contributed by atoms with Crippen molar-refractivity contribution >= 4 is 5.91 Å². The van der Waals surface area contributed by atoms with Crippen molar-refractivity contribution in [3.8, 4) is 17.5 Å². The molecule has 0 spiro atoms. The molecular formula is C25H27N7O. The van der Waals surface area contributed by atoms with Crippen LogP contribution in [0.25, 0.3) is 11.4 Å². The van der Waals surface area contributed by atoms with E-state index in [2.05, 4.69) is 31.2 Å². The third-order valence-corrected chi connectivity index (χ3v) is 6.96. The van der Waals surface area contributed by atoms with Crippen molar-refractivity contribution in [2.75, 3.05) is 13.1 Å². The molecule has 0 atom stereocenters. The largest absolute Gasteiger partial charge is 0.339 e. The van der Waals surface area contributed by atoms with Crippen molar-refractivity contribution in [2.24, 2.45) is 0 Å². The van der Waals surface area contributed by atoms with E-state index in [0.717, 1.165) is 41.2 Å². The van der Waals surface area contributed by atoms with Gasteiger partial charge in [-0.1, -0.05) is 12.5 Å². The number of aryl methyl sites for hydroxylation is 2. The molecule has 0 radical (unpaired) electrons. The van der Waals surface area contributed by atoms with E-state index < -0.39 is 0 Å². The number of carbonyl (C=O) groups excluding carboxylic acids is 1. The lowest BCUT2D eigenvalue weighted by atomic mass is 9.77. The summed E-state index contributed by atoms with van der Waals surface area (Å²) in [4.78, 5) is 28.7. The Morgan fingerprint density at radius 3 is 2.39 bits per heavy atom. The molecule has 2 aromatic heterocycles. The molecule has 0 unspecified atom stereocenters. The Labute approximate surface area is 193 Å². The highest BCUT2D eigenvalue weighted by Crippen LogP contribution is 2.42. The third-order valence-electron chi connectivity index (χ3n) is 6.96. The molecule has 3 aromatic rings. The third kappa shape index (κ3) is 4.11. The van der Waals surface area contributed by atoms with Gasteiger partial charge in [0.25, 0.3) is 5.91 Å². The predicted molar refractivity (Wildman–Crippen MR) is 123 cm³/mol. The standard InChI is InChI=1S/C25H27N7O/c1-15-10-21(18-4-3-5-18)22(24-29-16(2)30-31-24)11-20(15)25(33)32-8-6-19(7-9-32)23-27-13-17(12-26)14-28-23/h10-11,13-14,18-19H,3-9H2,1-2H3,(H,29,30,31). The summed E-state index contributed by atoms with van der Waals surface area (Å²) in [6, 6.07) is 6.23. The van der Waals surface area contributed by atoms with Gasteiger partial charge in [0.15, 0.2) is 5.82 Å². The van der Waals surface area contributed by atoms with Gasteiger partial charge in [0.05, 0.1) is 5.56 Å². The van der Waals surface area contributed by atoms with Gasteiger partial charge in [0.2, 0.25) is 0 Å². The lowest BCUT2D eigenvalue weighted by Gasteiger charge is -2.32. The molecule has 8 heteroatoms. The number of H-pyrrole nitrogens is 1. The summed E-state index contributed by atoms with van der Waals surface area (Å²) in [5.74, 6) is 2.97. The van der Waals surface area contributed by atoms with E-state index in [1.807, 2.05) is 30.9 Å². The van der Waals surface area contributed by atoms with Crippen molar-refractivity contribution in [1.82, 2.24) is 30.0 Å². The number of benzene rings is 1. The second-order valence-electron chi connectivity index (χ2n) is 9.13. The van der Waals surface area contributed by atoms with Crippen molar-refractivity contribution in [3.63, 3.8) is 0 Å². The smallest absolute Gasteiger partial charge is 0.254 e. The summed E-state index contributed by atoms with van der Waals surface area (Å²) < 4.78 is 0.